The van der Waals surface area contributed by atoms with E-state index in [0.717, 1.165) is 11.6 Å². The maximum atomic E-state index is 14.3. The van der Waals surface area contributed by atoms with Crippen LogP contribution >= 0.6 is 0 Å². The van der Waals surface area contributed by atoms with Gasteiger partial charge in [0.2, 0.25) is 0 Å². The molecule has 3 nitrogen and oxygen atoms in total. The largest absolute Gasteiger partial charge is 0.489 e. The summed E-state index contributed by atoms with van der Waals surface area (Å²) in [6.07, 6.45) is 0. The highest BCUT2D eigenvalue weighted by molar-refractivity contribution is 5.88. The van der Waals surface area contributed by atoms with E-state index in [0.29, 0.717) is 11.3 Å². The average Bonchev–Trinajstić information content (AvgIpc) is 2.54. The van der Waals surface area contributed by atoms with Crippen LogP contribution in [0.3, 0.4) is 0 Å². The fraction of sp³-hybridized carbons (Fsp3) is 0.150. The summed E-state index contributed by atoms with van der Waals surface area (Å²) in [5.41, 5.74) is 1.49. The molecule has 0 heterocycles. The fourth-order valence-electron chi connectivity index (χ4n) is 1.96. The molecule has 0 atom stereocenters. The first-order chi connectivity index (χ1) is 11.8. The molecule has 0 spiro atoms. The molecular weight excluding hydrogens is 326 g/mol. The molecule has 25 heavy (non-hydrogen) atoms. The van der Waals surface area contributed by atoms with Crippen LogP contribution in [0.1, 0.15) is 13.8 Å². The summed E-state index contributed by atoms with van der Waals surface area (Å²) in [4.78, 5) is 11.5. The molecule has 2 rings (SSSR count). The number of hydrogen-bond donors (Lipinski definition) is 0. The van der Waals surface area contributed by atoms with Crippen molar-refractivity contribution in [2.24, 2.45) is 0 Å². The van der Waals surface area contributed by atoms with Gasteiger partial charge in [-0.05, 0) is 49.2 Å². The molecule has 0 saturated carbocycles. The zero-order chi connectivity index (χ0) is 18.6. The molecule has 2 aromatic rings. The quantitative estimate of drug-likeness (QED) is 0.318. The molecule has 2 aromatic carbocycles. The second kappa shape index (κ2) is 7.75. The molecule has 0 aliphatic heterocycles. The molecule has 0 radical (unpaired) electrons. The number of carbonyl (C=O) groups excluding carboxylic acids is 1. The molecule has 0 aliphatic carbocycles. The molecule has 0 aliphatic rings. The van der Waals surface area contributed by atoms with Gasteiger partial charge < -0.3 is 9.47 Å². The normalized spacial score (nSPS) is 10.2. The van der Waals surface area contributed by atoms with Gasteiger partial charge in [-0.15, -0.1) is 0 Å². The van der Waals surface area contributed by atoms with Gasteiger partial charge in [0.1, 0.15) is 18.2 Å². The topological polar surface area (TPSA) is 35.5 Å². The van der Waals surface area contributed by atoms with Gasteiger partial charge in [0, 0.05) is 17.2 Å². The summed E-state index contributed by atoms with van der Waals surface area (Å²) in [5.74, 6) is -1.92. The second-order valence-corrected chi connectivity index (χ2v) is 5.70. The number of ether oxygens (including phenoxy) is 2. The Hall–Kier alpha value is -2.95. The number of halogens is 2. The third-order valence-corrected chi connectivity index (χ3v) is 3.22. The first-order valence-corrected chi connectivity index (χ1v) is 7.52. The van der Waals surface area contributed by atoms with Crippen LogP contribution in [0.2, 0.25) is 0 Å². The third-order valence-electron chi connectivity index (χ3n) is 3.22. The molecule has 0 aromatic heterocycles. The van der Waals surface area contributed by atoms with E-state index in [9.17, 15) is 13.6 Å². The van der Waals surface area contributed by atoms with Gasteiger partial charge >= 0.3 is 5.97 Å². The number of rotatable bonds is 6. The molecular formula is C20H18F2O3. The van der Waals surface area contributed by atoms with Crippen molar-refractivity contribution in [2.75, 3.05) is 6.61 Å². The Balaban J connectivity index is 2.24. The van der Waals surface area contributed by atoms with E-state index in [-0.39, 0.29) is 23.5 Å². The van der Waals surface area contributed by atoms with Crippen molar-refractivity contribution < 1.29 is 23.0 Å². The van der Waals surface area contributed by atoms with E-state index in [1.807, 2.05) is 0 Å². The Morgan fingerprint density at radius 3 is 2.32 bits per heavy atom. The molecule has 0 amide bonds. The van der Waals surface area contributed by atoms with Gasteiger partial charge in [-0.3, -0.25) is 0 Å². The Bertz CT molecular complexity index is 841. The lowest BCUT2D eigenvalue weighted by molar-refractivity contribution is -0.130. The van der Waals surface area contributed by atoms with Crippen LogP contribution in [-0.2, 0) is 4.79 Å². The van der Waals surface area contributed by atoms with Crippen molar-refractivity contribution in [1.82, 2.24) is 0 Å². The molecule has 5 heteroatoms. The fourth-order valence-corrected chi connectivity index (χ4v) is 1.96. The minimum Gasteiger partial charge on any atom is -0.489 e. The summed E-state index contributed by atoms with van der Waals surface area (Å²) in [7, 11) is 0. The van der Waals surface area contributed by atoms with Gasteiger partial charge in [-0.2, -0.15) is 0 Å². The van der Waals surface area contributed by atoms with Crippen molar-refractivity contribution in [3.8, 4) is 22.6 Å². The monoisotopic (exact) mass is 344 g/mol. The Labute approximate surface area is 145 Å². The number of hydrogen-bond acceptors (Lipinski definition) is 3. The van der Waals surface area contributed by atoms with Crippen molar-refractivity contribution in [3.05, 3.63) is 72.3 Å². The summed E-state index contributed by atoms with van der Waals surface area (Å²) >= 11 is 0. The van der Waals surface area contributed by atoms with E-state index in [1.165, 1.54) is 31.2 Å². The van der Waals surface area contributed by atoms with Crippen LogP contribution in [0.5, 0.6) is 11.5 Å². The first-order valence-electron chi connectivity index (χ1n) is 7.52. The van der Waals surface area contributed by atoms with Gasteiger partial charge in [-0.25, -0.2) is 13.6 Å². The van der Waals surface area contributed by atoms with Gasteiger partial charge in [0.15, 0.2) is 11.6 Å². The van der Waals surface area contributed by atoms with E-state index < -0.39 is 17.6 Å². The van der Waals surface area contributed by atoms with E-state index in [2.05, 4.69) is 13.2 Å². The first kappa shape index (κ1) is 18.4. The predicted molar refractivity (Wildman–Crippen MR) is 92.6 cm³/mol. The number of carbonyl (C=O) groups is 1. The van der Waals surface area contributed by atoms with Gasteiger partial charge in [0.05, 0.1) is 0 Å². The Morgan fingerprint density at radius 1 is 1.04 bits per heavy atom. The zero-order valence-corrected chi connectivity index (χ0v) is 14.1. The molecule has 0 N–H and O–H groups in total. The van der Waals surface area contributed by atoms with Crippen LogP contribution in [0, 0.1) is 11.6 Å². The smallest absolute Gasteiger partial charge is 0.338 e. The van der Waals surface area contributed by atoms with Gasteiger partial charge in [-0.1, -0.05) is 19.2 Å². The highest BCUT2D eigenvalue weighted by Crippen LogP contribution is 2.30. The van der Waals surface area contributed by atoms with Crippen molar-refractivity contribution >= 4 is 5.97 Å². The van der Waals surface area contributed by atoms with Crippen LogP contribution in [0.25, 0.3) is 11.1 Å². The molecule has 0 fully saturated rings. The molecule has 0 saturated heterocycles. The standard InChI is InChI=1S/C20H18F2O3/c1-12(2)11-24-15-6-7-16(17(21)10-15)14-5-8-19(18(22)9-14)25-20(23)13(3)4/h5-10H,1,3,11H2,2,4H3. The summed E-state index contributed by atoms with van der Waals surface area (Å²) < 4.78 is 38.6. The second-order valence-electron chi connectivity index (χ2n) is 5.70. The highest BCUT2D eigenvalue weighted by atomic mass is 19.1. The average molecular weight is 344 g/mol. The maximum Gasteiger partial charge on any atom is 0.338 e. The molecule has 0 bridgehead atoms. The van der Waals surface area contributed by atoms with Crippen LogP contribution in [0.15, 0.2) is 60.7 Å². The van der Waals surface area contributed by atoms with Crippen LogP contribution in [-0.4, -0.2) is 12.6 Å². The predicted octanol–water partition coefficient (Wildman–Crippen LogP) is 5.07. The van der Waals surface area contributed by atoms with E-state index >= 15 is 0 Å². The summed E-state index contributed by atoms with van der Waals surface area (Å²) in [6.45, 7) is 10.7. The Kier molecular flexibility index (Phi) is 5.70. The Morgan fingerprint density at radius 2 is 1.76 bits per heavy atom. The van der Waals surface area contributed by atoms with Gasteiger partial charge in [0.25, 0.3) is 0 Å². The van der Waals surface area contributed by atoms with Crippen molar-refractivity contribution in [1.29, 1.82) is 0 Å². The van der Waals surface area contributed by atoms with E-state index in [1.54, 1.807) is 13.0 Å². The van der Waals surface area contributed by atoms with E-state index in [4.69, 9.17) is 9.47 Å². The van der Waals surface area contributed by atoms with Crippen molar-refractivity contribution in [2.45, 2.75) is 13.8 Å². The SMILES string of the molecule is C=C(C)COc1ccc(-c2ccc(OC(=O)C(=C)C)c(F)c2)c(F)c1. The summed E-state index contributed by atoms with van der Waals surface area (Å²) in [6, 6.07) is 8.16. The third kappa shape index (κ3) is 4.76. The number of benzene rings is 2. The lowest BCUT2D eigenvalue weighted by atomic mass is 10.0. The maximum absolute atomic E-state index is 14.3. The molecule has 130 valence electrons. The van der Waals surface area contributed by atoms with Crippen molar-refractivity contribution in [3.63, 3.8) is 0 Å². The summed E-state index contributed by atoms with van der Waals surface area (Å²) in [5, 5.41) is 0. The molecule has 0 unspecified atom stereocenters. The minimum absolute atomic E-state index is 0.153. The lowest BCUT2D eigenvalue weighted by Crippen LogP contribution is -2.09. The van der Waals surface area contributed by atoms with Crippen LogP contribution < -0.4 is 9.47 Å². The minimum atomic E-state index is -0.769. The highest BCUT2D eigenvalue weighted by Gasteiger charge is 2.13. The lowest BCUT2D eigenvalue weighted by Gasteiger charge is -2.10. The van der Waals surface area contributed by atoms with Crippen LogP contribution in [0.4, 0.5) is 8.78 Å². The zero-order valence-electron chi connectivity index (χ0n) is 14.1. The number of esters is 1.